The van der Waals surface area contributed by atoms with E-state index in [1.807, 2.05) is 0 Å². The van der Waals surface area contributed by atoms with Crippen LogP contribution in [0.25, 0.3) is 0 Å². The Balaban J connectivity index is 1.64. The van der Waals surface area contributed by atoms with Crippen molar-refractivity contribution in [1.82, 2.24) is 15.5 Å². The van der Waals surface area contributed by atoms with Gasteiger partial charge in [0.05, 0.1) is 0 Å². The van der Waals surface area contributed by atoms with E-state index < -0.39 is 11.8 Å². The van der Waals surface area contributed by atoms with Crippen LogP contribution in [0.3, 0.4) is 0 Å². The van der Waals surface area contributed by atoms with Crippen LogP contribution in [-0.4, -0.2) is 42.9 Å². The van der Waals surface area contributed by atoms with E-state index in [0.29, 0.717) is 19.0 Å². The van der Waals surface area contributed by atoms with Gasteiger partial charge in [-0.15, -0.1) is 17.9 Å². The minimum Gasteiger partial charge on any atom is -0.348 e. The molecule has 1 aromatic rings. The van der Waals surface area contributed by atoms with E-state index in [1.165, 1.54) is 4.88 Å². The second-order valence-electron chi connectivity index (χ2n) is 5.51. The molecule has 1 aliphatic heterocycles. The smallest absolute Gasteiger partial charge is 0.309 e. The molecule has 0 spiro atoms. The number of likely N-dealkylation sites (tertiary alicyclic amines) is 1. The molecule has 22 heavy (non-hydrogen) atoms. The molecule has 2 amide bonds. The molecule has 0 bridgehead atoms. The number of amides is 2. The lowest BCUT2D eigenvalue weighted by Gasteiger charge is -2.31. The highest BCUT2D eigenvalue weighted by atomic mass is 32.1. The zero-order valence-corrected chi connectivity index (χ0v) is 13.5. The first kappa shape index (κ1) is 16.7. The summed E-state index contributed by atoms with van der Waals surface area (Å²) < 4.78 is 0. The number of carbonyl (C=O) groups is 2. The van der Waals surface area contributed by atoms with Crippen LogP contribution in [0, 0.1) is 5.92 Å². The number of nitrogens with zero attached hydrogens (tertiary/aromatic N) is 1. The van der Waals surface area contributed by atoms with Gasteiger partial charge < -0.3 is 10.6 Å². The third kappa shape index (κ3) is 5.27. The topological polar surface area (TPSA) is 61.4 Å². The first-order chi connectivity index (χ1) is 10.7. The van der Waals surface area contributed by atoms with E-state index in [-0.39, 0.29) is 0 Å². The molecule has 1 aliphatic rings. The lowest BCUT2D eigenvalue weighted by molar-refractivity contribution is -0.139. The van der Waals surface area contributed by atoms with Crippen LogP contribution in [0.4, 0.5) is 0 Å². The van der Waals surface area contributed by atoms with Gasteiger partial charge in [-0.25, -0.2) is 0 Å². The molecular formula is C16H23N3O2S. The van der Waals surface area contributed by atoms with Crippen LogP contribution < -0.4 is 10.6 Å². The molecular weight excluding hydrogens is 298 g/mol. The number of hydrogen-bond donors (Lipinski definition) is 2. The van der Waals surface area contributed by atoms with Crippen LogP contribution in [0.2, 0.25) is 0 Å². The van der Waals surface area contributed by atoms with E-state index in [9.17, 15) is 9.59 Å². The Morgan fingerprint density at radius 2 is 2.05 bits per heavy atom. The van der Waals surface area contributed by atoms with Gasteiger partial charge in [0.25, 0.3) is 0 Å². The molecule has 0 aliphatic carbocycles. The number of thiophene rings is 1. The lowest BCUT2D eigenvalue weighted by atomic mass is 9.97. The summed E-state index contributed by atoms with van der Waals surface area (Å²) in [6.45, 7) is 7.48. The van der Waals surface area contributed by atoms with Crippen molar-refractivity contribution in [2.45, 2.75) is 19.4 Å². The SMILES string of the molecule is C=CCNC(=O)C(=O)NCC1CCN(Cc2cccs2)CC1. The second kappa shape index (κ2) is 8.70. The number of carbonyl (C=O) groups excluding carboxylic acids is 2. The van der Waals surface area contributed by atoms with E-state index in [2.05, 4.69) is 39.6 Å². The van der Waals surface area contributed by atoms with Crippen LogP contribution in [-0.2, 0) is 16.1 Å². The molecule has 0 unspecified atom stereocenters. The normalized spacial score (nSPS) is 16.2. The number of nitrogens with one attached hydrogen (secondary N) is 2. The zero-order chi connectivity index (χ0) is 15.8. The summed E-state index contributed by atoms with van der Waals surface area (Å²) in [7, 11) is 0. The quantitative estimate of drug-likeness (QED) is 0.615. The molecule has 0 aromatic carbocycles. The van der Waals surface area contributed by atoms with Crippen molar-refractivity contribution < 1.29 is 9.59 Å². The standard InChI is InChI=1S/C16H23N3O2S/c1-2-7-17-15(20)16(21)18-11-13-5-8-19(9-6-13)12-14-4-3-10-22-14/h2-4,10,13H,1,5-9,11-12H2,(H,17,20)(H,18,21). The average molecular weight is 321 g/mol. The van der Waals surface area contributed by atoms with Gasteiger partial charge in [-0.05, 0) is 43.3 Å². The molecule has 1 aromatic heterocycles. The molecule has 1 saturated heterocycles. The van der Waals surface area contributed by atoms with Crippen molar-refractivity contribution in [2.24, 2.45) is 5.92 Å². The van der Waals surface area contributed by atoms with Gasteiger partial charge in [0.1, 0.15) is 0 Å². The van der Waals surface area contributed by atoms with Gasteiger partial charge in [0.15, 0.2) is 0 Å². The van der Waals surface area contributed by atoms with Crippen LogP contribution in [0.1, 0.15) is 17.7 Å². The fourth-order valence-corrected chi connectivity index (χ4v) is 3.28. The largest absolute Gasteiger partial charge is 0.348 e. The predicted molar refractivity (Wildman–Crippen MR) is 88.5 cm³/mol. The third-order valence-electron chi connectivity index (χ3n) is 3.83. The monoisotopic (exact) mass is 321 g/mol. The van der Waals surface area contributed by atoms with Crippen LogP contribution >= 0.6 is 11.3 Å². The fraction of sp³-hybridized carbons (Fsp3) is 0.500. The zero-order valence-electron chi connectivity index (χ0n) is 12.7. The molecule has 2 rings (SSSR count). The first-order valence-corrected chi connectivity index (χ1v) is 8.48. The Bertz CT molecular complexity index is 493. The van der Waals surface area contributed by atoms with Crippen molar-refractivity contribution in [2.75, 3.05) is 26.2 Å². The summed E-state index contributed by atoms with van der Waals surface area (Å²) in [6.07, 6.45) is 3.66. The highest BCUT2D eigenvalue weighted by molar-refractivity contribution is 7.09. The van der Waals surface area contributed by atoms with Gasteiger partial charge in [-0.1, -0.05) is 12.1 Å². The maximum Gasteiger partial charge on any atom is 0.309 e. The van der Waals surface area contributed by atoms with Crippen molar-refractivity contribution in [3.8, 4) is 0 Å². The van der Waals surface area contributed by atoms with Crippen LogP contribution in [0.15, 0.2) is 30.2 Å². The van der Waals surface area contributed by atoms with Crippen molar-refractivity contribution in [3.05, 3.63) is 35.0 Å². The summed E-state index contributed by atoms with van der Waals surface area (Å²) in [4.78, 5) is 26.9. The van der Waals surface area contributed by atoms with Crippen molar-refractivity contribution in [3.63, 3.8) is 0 Å². The van der Waals surface area contributed by atoms with Gasteiger partial charge in [-0.2, -0.15) is 0 Å². The molecule has 5 nitrogen and oxygen atoms in total. The van der Waals surface area contributed by atoms with Gasteiger partial charge in [0, 0.05) is 24.5 Å². The summed E-state index contributed by atoms with van der Waals surface area (Å²) in [6, 6.07) is 4.25. The summed E-state index contributed by atoms with van der Waals surface area (Å²) in [5.74, 6) is -0.686. The molecule has 0 saturated carbocycles. The predicted octanol–water partition coefficient (Wildman–Crippen LogP) is 1.38. The number of hydrogen-bond acceptors (Lipinski definition) is 4. The van der Waals surface area contributed by atoms with E-state index in [1.54, 1.807) is 17.4 Å². The number of rotatable bonds is 6. The summed E-state index contributed by atoms with van der Waals surface area (Å²) in [5, 5.41) is 7.30. The Hall–Kier alpha value is -1.66. The molecule has 6 heteroatoms. The molecule has 0 radical (unpaired) electrons. The Kier molecular flexibility index (Phi) is 6.61. The maximum absolute atomic E-state index is 11.6. The first-order valence-electron chi connectivity index (χ1n) is 7.60. The van der Waals surface area contributed by atoms with Gasteiger partial charge in [0.2, 0.25) is 0 Å². The minimum atomic E-state index is -0.588. The fourth-order valence-electron chi connectivity index (χ4n) is 2.53. The number of piperidine rings is 1. The Morgan fingerprint density at radius 3 is 2.68 bits per heavy atom. The second-order valence-corrected chi connectivity index (χ2v) is 6.54. The van der Waals surface area contributed by atoms with E-state index in [0.717, 1.165) is 32.5 Å². The summed E-state index contributed by atoms with van der Waals surface area (Å²) in [5.41, 5.74) is 0. The third-order valence-corrected chi connectivity index (χ3v) is 4.69. The Labute approximate surface area is 135 Å². The minimum absolute atomic E-state index is 0.313. The van der Waals surface area contributed by atoms with Gasteiger partial charge in [-0.3, -0.25) is 14.5 Å². The maximum atomic E-state index is 11.6. The molecule has 1 fully saturated rings. The molecule has 0 atom stereocenters. The highest BCUT2D eigenvalue weighted by Crippen LogP contribution is 2.20. The lowest BCUT2D eigenvalue weighted by Crippen LogP contribution is -2.43. The van der Waals surface area contributed by atoms with Crippen molar-refractivity contribution in [1.29, 1.82) is 0 Å². The van der Waals surface area contributed by atoms with E-state index in [4.69, 9.17) is 0 Å². The molecule has 120 valence electrons. The van der Waals surface area contributed by atoms with Crippen molar-refractivity contribution >= 4 is 23.2 Å². The Morgan fingerprint density at radius 1 is 1.32 bits per heavy atom. The molecule has 2 N–H and O–H groups in total. The average Bonchev–Trinajstić information content (AvgIpc) is 3.04. The molecule has 2 heterocycles. The summed E-state index contributed by atoms with van der Waals surface area (Å²) >= 11 is 1.79. The highest BCUT2D eigenvalue weighted by Gasteiger charge is 2.21. The van der Waals surface area contributed by atoms with Gasteiger partial charge >= 0.3 is 11.8 Å². The van der Waals surface area contributed by atoms with E-state index >= 15 is 0 Å². The van der Waals surface area contributed by atoms with Crippen LogP contribution in [0.5, 0.6) is 0 Å².